The quantitative estimate of drug-likeness (QED) is 0.214. The number of aromatic nitrogens is 5. The van der Waals surface area contributed by atoms with Gasteiger partial charge in [-0.3, -0.25) is 19.4 Å². The summed E-state index contributed by atoms with van der Waals surface area (Å²) in [6.07, 6.45) is 7.57. The van der Waals surface area contributed by atoms with Crippen molar-refractivity contribution in [1.82, 2.24) is 24.3 Å². The first-order valence-electron chi connectivity index (χ1n) is 14.2. The van der Waals surface area contributed by atoms with Gasteiger partial charge in [0.1, 0.15) is 11.3 Å². The van der Waals surface area contributed by atoms with E-state index < -0.39 is 0 Å². The largest absolute Gasteiger partial charge is 0.299 e. The van der Waals surface area contributed by atoms with Crippen LogP contribution in [0.5, 0.6) is 0 Å². The fourth-order valence-electron chi connectivity index (χ4n) is 5.75. The Morgan fingerprint density at radius 2 is 1.07 bits per heavy atom. The molecule has 0 radical (unpaired) electrons. The predicted octanol–water partition coefficient (Wildman–Crippen LogP) is 9.01. The van der Waals surface area contributed by atoms with E-state index in [0.717, 1.165) is 61.8 Å². The first-order valence-corrected chi connectivity index (χ1v) is 14.2. The van der Waals surface area contributed by atoms with E-state index in [9.17, 15) is 0 Å². The van der Waals surface area contributed by atoms with Crippen LogP contribution in [0.1, 0.15) is 0 Å². The van der Waals surface area contributed by atoms with Gasteiger partial charge in [-0.15, -0.1) is 0 Å². The van der Waals surface area contributed by atoms with Crippen molar-refractivity contribution in [3.8, 4) is 56.3 Å². The second-order valence-electron chi connectivity index (χ2n) is 10.4. The average Bonchev–Trinajstić information content (AvgIpc) is 3.48. The molecule has 0 atom stereocenters. The number of hydrogen-bond donors (Lipinski definition) is 0. The van der Waals surface area contributed by atoms with Crippen LogP contribution in [-0.4, -0.2) is 24.3 Å². The minimum atomic E-state index is 0.848. The van der Waals surface area contributed by atoms with Crippen molar-refractivity contribution in [2.75, 3.05) is 0 Å². The van der Waals surface area contributed by atoms with Crippen LogP contribution in [0.2, 0.25) is 0 Å². The van der Waals surface area contributed by atoms with Crippen LogP contribution in [0.25, 0.3) is 72.7 Å². The molecule has 0 aliphatic carbocycles. The molecule has 8 rings (SSSR count). The van der Waals surface area contributed by atoms with Crippen LogP contribution in [-0.2, 0) is 0 Å². The molecular formula is C38H25N5. The Morgan fingerprint density at radius 1 is 0.442 bits per heavy atom. The first-order chi connectivity index (χ1) is 21.3. The molecule has 0 aliphatic rings. The van der Waals surface area contributed by atoms with E-state index in [1.54, 1.807) is 0 Å². The third-order valence-corrected chi connectivity index (χ3v) is 7.83. The van der Waals surface area contributed by atoms with Crippen molar-refractivity contribution in [3.63, 3.8) is 0 Å². The number of pyridine rings is 2. The van der Waals surface area contributed by atoms with Crippen molar-refractivity contribution in [1.29, 1.82) is 0 Å². The second kappa shape index (κ2) is 10.5. The third-order valence-electron chi connectivity index (χ3n) is 7.83. The summed E-state index contributed by atoms with van der Waals surface area (Å²) in [5, 5.41) is 2.34. The highest BCUT2D eigenvalue weighted by molar-refractivity contribution is 6.06. The van der Waals surface area contributed by atoms with E-state index >= 15 is 0 Å². The summed E-state index contributed by atoms with van der Waals surface area (Å²) in [7, 11) is 0. The molecule has 4 aromatic heterocycles. The van der Waals surface area contributed by atoms with E-state index in [0.29, 0.717) is 0 Å². The van der Waals surface area contributed by atoms with Crippen LogP contribution in [0.3, 0.4) is 0 Å². The molecule has 0 amide bonds. The van der Waals surface area contributed by atoms with Crippen LogP contribution < -0.4 is 0 Å². The third kappa shape index (κ3) is 4.44. The zero-order valence-electron chi connectivity index (χ0n) is 23.2. The maximum Gasteiger partial charge on any atom is 0.138 e. The van der Waals surface area contributed by atoms with Crippen molar-refractivity contribution in [3.05, 3.63) is 152 Å². The van der Waals surface area contributed by atoms with Crippen LogP contribution in [0, 0.1) is 0 Å². The van der Waals surface area contributed by atoms with Crippen molar-refractivity contribution in [2.24, 2.45) is 0 Å². The SMILES string of the molecule is c1ccc(-c2cnc(-c3ccc(-c4ccc(-c5c(-c6ccccn6)nc6ccccn56)c5ccccc45)cc3)cn2)cc1. The molecule has 0 aliphatic heterocycles. The minimum absolute atomic E-state index is 0.848. The lowest BCUT2D eigenvalue weighted by molar-refractivity contribution is 1.19. The average molecular weight is 552 g/mol. The molecular weight excluding hydrogens is 526 g/mol. The molecule has 0 bridgehead atoms. The fraction of sp³-hybridized carbons (Fsp3) is 0. The zero-order valence-corrected chi connectivity index (χ0v) is 23.2. The Bertz CT molecular complexity index is 2200. The van der Waals surface area contributed by atoms with Gasteiger partial charge in [-0.25, -0.2) is 4.98 Å². The topological polar surface area (TPSA) is 56.0 Å². The summed E-state index contributed by atoms with van der Waals surface area (Å²) >= 11 is 0. The normalized spacial score (nSPS) is 11.3. The van der Waals surface area contributed by atoms with E-state index in [2.05, 4.69) is 81.2 Å². The van der Waals surface area contributed by atoms with Crippen molar-refractivity contribution < 1.29 is 0 Å². The Balaban J connectivity index is 1.20. The van der Waals surface area contributed by atoms with Gasteiger partial charge in [-0.2, -0.15) is 0 Å². The van der Waals surface area contributed by atoms with Crippen LogP contribution in [0.4, 0.5) is 0 Å². The Labute approximate surface area is 248 Å². The second-order valence-corrected chi connectivity index (χ2v) is 10.4. The van der Waals surface area contributed by atoms with Crippen molar-refractivity contribution in [2.45, 2.75) is 0 Å². The van der Waals surface area contributed by atoms with E-state index in [1.165, 1.54) is 10.9 Å². The van der Waals surface area contributed by atoms with Gasteiger partial charge in [0.2, 0.25) is 0 Å². The van der Waals surface area contributed by atoms with Gasteiger partial charge in [0.05, 0.1) is 35.2 Å². The number of rotatable bonds is 5. The predicted molar refractivity (Wildman–Crippen MR) is 173 cm³/mol. The first kappa shape index (κ1) is 24.8. The van der Waals surface area contributed by atoms with E-state index in [1.807, 2.05) is 85.3 Å². The van der Waals surface area contributed by atoms with Crippen molar-refractivity contribution >= 4 is 16.4 Å². The number of nitrogens with zero attached hydrogens (tertiary/aromatic N) is 5. The fourth-order valence-corrected chi connectivity index (χ4v) is 5.75. The van der Waals surface area contributed by atoms with E-state index in [4.69, 9.17) is 9.97 Å². The lowest BCUT2D eigenvalue weighted by atomic mass is 9.92. The maximum absolute atomic E-state index is 5.00. The molecule has 0 N–H and O–H groups in total. The smallest absolute Gasteiger partial charge is 0.138 e. The van der Waals surface area contributed by atoms with Gasteiger partial charge in [0, 0.05) is 29.1 Å². The summed E-state index contributed by atoms with van der Waals surface area (Å²) in [5.74, 6) is 0. The molecule has 4 heterocycles. The summed E-state index contributed by atoms with van der Waals surface area (Å²) in [4.78, 5) is 19.0. The molecule has 8 aromatic rings. The van der Waals surface area contributed by atoms with Gasteiger partial charge in [-0.05, 0) is 46.2 Å². The van der Waals surface area contributed by atoms with Crippen LogP contribution >= 0.6 is 0 Å². The highest BCUT2D eigenvalue weighted by Gasteiger charge is 2.19. The monoisotopic (exact) mass is 551 g/mol. The lowest BCUT2D eigenvalue weighted by Crippen LogP contribution is -1.93. The standard InChI is InChI=1S/C38H25N5/c1-2-10-27(11-3-1)34-24-41-35(25-40-34)28-18-16-26(17-19-28)29-20-21-32(31-13-5-4-12-30(29)31)38-37(33-14-6-8-22-39-33)42-36-15-7-9-23-43(36)38/h1-25H. The summed E-state index contributed by atoms with van der Waals surface area (Å²) < 4.78 is 2.16. The molecule has 43 heavy (non-hydrogen) atoms. The minimum Gasteiger partial charge on any atom is -0.299 e. The maximum atomic E-state index is 5.00. The Hall–Kier alpha value is -5.94. The molecule has 0 saturated heterocycles. The number of fused-ring (bicyclic) bond motifs is 2. The molecule has 0 saturated carbocycles. The molecule has 5 nitrogen and oxygen atoms in total. The highest BCUT2D eigenvalue weighted by atomic mass is 15.0. The highest BCUT2D eigenvalue weighted by Crippen LogP contribution is 2.40. The van der Waals surface area contributed by atoms with Gasteiger partial charge >= 0.3 is 0 Å². The summed E-state index contributed by atoms with van der Waals surface area (Å²) in [5.41, 5.74) is 10.9. The Kier molecular flexibility index (Phi) is 6.05. The molecule has 5 heteroatoms. The van der Waals surface area contributed by atoms with Gasteiger partial charge < -0.3 is 0 Å². The Morgan fingerprint density at radius 3 is 1.79 bits per heavy atom. The van der Waals surface area contributed by atoms with Gasteiger partial charge in [0.25, 0.3) is 0 Å². The summed E-state index contributed by atoms with van der Waals surface area (Å²) in [6.45, 7) is 0. The molecule has 0 fully saturated rings. The van der Waals surface area contributed by atoms with E-state index in [-0.39, 0.29) is 0 Å². The molecule has 0 spiro atoms. The molecule has 4 aromatic carbocycles. The molecule has 0 unspecified atom stereocenters. The lowest BCUT2D eigenvalue weighted by Gasteiger charge is -2.13. The van der Waals surface area contributed by atoms with Gasteiger partial charge in [-0.1, -0.05) is 103 Å². The number of hydrogen-bond acceptors (Lipinski definition) is 4. The number of benzene rings is 4. The molecule has 202 valence electrons. The number of imidazole rings is 1. The van der Waals surface area contributed by atoms with Gasteiger partial charge in [0.15, 0.2) is 0 Å². The zero-order chi connectivity index (χ0) is 28.6. The summed E-state index contributed by atoms with van der Waals surface area (Å²) in [6, 6.07) is 43.7. The van der Waals surface area contributed by atoms with Crippen LogP contribution in [0.15, 0.2) is 152 Å².